The van der Waals surface area contributed by atoms with Gasteiger partial charge in [-0.1, -0.05) is 45.9 Å². The molecule has 3 aromatic rings. The molecular formula is C22H26N4O2. The average molecular weight is 378 g/mol. The van der Waals surface area contributed by atoms with E-state index in [9.17, 15) is 4.79 Å². The molecule has 3 rings (SSSR count). The summed E-state index contributed by atoms with van der Waals surface area (Å²) < 4.78 is 5.26. The van der Waals surface area contributed by atoms with Gasteiger partial charge in [0, 0.05) is 18.1 Å². The van der Waals surface area contributed by atoms with E-state index in [2.05, 4.69) is 60.4 Å². The van der Waals surface area contributed by atoms with E-state index in [0.717, 1.165) is 22.6 Å². The third-order valence-corrected chi connectivity index (χ3v) is 4.53. The quantitative estimate of drug-likeness (QED) is 0.592. The fraction of sp³-hybridized carbons (Fsp3) is 0.318. The molecule has 0 radical (unpaired) electrons. The van der Waals surface area contributed by atoms with E-state index >= 15 is 0 Å². The first-order valence-electron chi connectivity index (χ1n) is 9.48. The number of carbonyl (C=O) groups is 1. The predicted octanol–water partition coefficient (Wildman–Crippen LogP) is 5.18. The topological polar surface area (TPSA) is 80.0 Å². The molecule has 1 aromatic carbocycles. The van der Waals surface area contributed by atoms with Crippen molar-refractivity contribution in [3.05, 3.63) is 71.4 Å². The van der Waals surface area contributed by atoms with Gasteiger partial charge in [-0.2, -0.15) is 0 Å². The van der Waals surface area contributed by atoms with E-state index < -0.39 is 0 Å². The lowest BCUT2D eigenvalue weighted by Gasteiger charge is -2.20. The molecule has 0 aliphatic rings. The highest BCUT2D eigenvalue weighted by atomic mass is 16.3. The van der Waals surface area contributed by atoms with Gasteiger partial charge in [0.15, 0.2) is 0 Å². The summed E-state index contributed by atoms with van der Waals surface area (Å²) in [5.41, 5.74) is 3.55. The molecule has 0 aliphatic carbocycles. The van der Waals surface area contributed by atoms with Gasteiger partial charge in [0.1, 0.15) is 5.76 Å². The zero-order valence-corrected chi connectivity index (χ0v) is 16.7. The highest BCUT2D eigenvalue weighted by Gasteiger charge is 2.17. The number of hydrogen-bond acceptors (Lipinski definition) is 5. The van der Waals surface area contributed by atoms with Crippen LogP contribution in [0.2, 0.25) is 0 Å². The van der Waals surface area contributed by atoms with Gasteiger partial charge < -0.3 is 15.1 Å². The molecule has 0 bridgehead atoms. The van der Waals surface area contributed by atoms with Crippen molar-refractivity contribution in [1.82, 2.24) is 9.97 Å². The van der Waals surface area contributed by atoms with Crippen LogP contribution in [0.1, 0.15) is 66.8 Å². The molecule has 1 amide bonds. The summed E-state index contributed by atoms with van der Waals surface area (Å²) in [5, 5.41) is 6.14. The summed E-state index contributed by atoms with van der Waals surface area (Å²) in [6.45, 7) is 8.98. The Balaban J connectivity index is 1.74. The Morgan fingerprint density at radius 2 is 1.64 bits per heavy atom. The van der Waals surface area contributed by atoms with Gasteiger partial charge in [-0.25, -0.2) is 9.97 Å². The SMILES string of the molecule is CC(C)c1cccc(C(C)C)c1NC(=O)c1cnc(NCc2ccco2)nc1. The van der Waals surface area contributed by atoms with Gasteiger partial charge in [-0.15, -0.1) is 0 Å². The summed E-state index contributed by atoms with van der Waals surface area (Å²) in [4.78, 5) is 21.3. The standard InChI is InChI=1S/C22H26N4O2/c1-14(2)18-8-5-9-19(15(3)4)20(18)26-21(27)16-11-23-22(24-12-16)25-13-17-7-6-10-28-17/h5-12,14-15H,13H2,1-4H3,(H,26,27)(H,23,24,25). The van der Waals surface area contributed by atoms with Gasteiger partial charge in [0.2, 0.25) is 5.95 Å². The highest BCUT2D eigenvalue weighted by Crippen LogP contribution is 2.32. The third kappa shape index (κ3) is 4.57. The van der Waals surface area contributed by atoms with Crippen LogP contribution < -0.4 is 10.6 Å². The van der Waals surface area contributed by atoms with Gasteiger partial charge in [-0.3, -0.25) is 4.79 Å². The van der Waals surface area contributed by atoms with E-state index in [1.807, 2.05) is 18.2 Å². The molecule has 6 nitrogen and oxygen atoms in total. The molecule has 28 heavy (non-hydrogen) atoms. The molecule has 0 atom stereocenters. The monoisotopic (exact) mass is 378 g/mol. The Bertz CT molecular complexity index is 890. The lowest BCUT2D eigenvalue weighted by molar-refractivity contribution is 0.102. The number of rotatable bonds is 7. The molecule has 0 unspecified atom stereocenters. The second kappa shape index (κ2) is 8.69. The number of amides is 1. The minimum absolute atomic E-state index is 0.215. The zero-order chi connectivity index (χ0) is 20.1. The van der Waals surface area contributed by atoms with Crippen LogP contribution in [0.3, 0.4) is 0 Å². The van der Waals surface area contributed by atoms with E-state index in [-0.39, 0.29) is 5.91 Å². The van der Waals surface area contributed by atoms with Gasteiger partial charge in [0.25, 0.3) is 5.91 Å². The summed E-state index contributed by atoms with van der Waals surface area (Å²) in [5.74, 6) is 1.62. The van der Waals surface area contributed by atoms with Gasteiger partial charge in [0.05, 0.1) is 18.4 Å². The minimum atomic E-state index is -0.215. The van der Waals surface area contributed by atoms with Crippen molar-refractivity contribution in [3.63, 3.8) is 0 Å². The van der Waals surface area contributed by atoms with Crippen LogP contribution in [0, 0.1) is 0 Å². The van der Waals surface area contributed by atoms with Gasteiger partial charge in [-0.05, 0) is 35.1 Å². The lowest BCUT2D eigenvalue weighted by Crippen LogP contribution is -2.17. The van der Waals surface area contributed by atoms with Crippen LogP contribution in [-0.4, -0.2) is 15.9 Å². The van der Waals surface area contributed by atoms with Crippen molar-refractivity contribution in [2.75, 3.05) is 10.6 Å². The molecule has 146 valence electrons. The van der Waals surface area contributed by atoms with E-state index in [1.54, 1.807) is 6.26 Å². The summed E-state index contributed by atoms with van der Waals surface area (Å²) >= 11 is 0. The molecule has 0 aliphatic heterocycles. The Morgan fingerprint density at radius 3 is 2.18 bits per heavy atom. The fourth-order valence-corrected chi connectivity index (χ4v) is 3.00. The third-order valence-electron chi connectivity index (χ3n) is 4.53. The maximum atomic E-state index is 12.8. The number of benzene rings is 1. The smallest absolute Gasteiger partial charge is 0.258 e. The fourth-order valence-electron chi connectivity index (χ4n) is 3.00. The number of para-hydroxylation sites is 1. The molecule has 0 fully saturated rings. The number of hydrogen-bond donors (Lipinski definition) is 2. The first-order valence-corrected chi connectivity index (χ1v) is 9.48. The summed E-state index contributed by atoms with van der Waals surface area (Å²) in [6.07, 6.45) is 4.67. The highest BCUT2D eigenvalue weighted by molar-refractivity contribution is 6.04. The second-order valence-electron chi connectivity index (χ2n) is 7.30. The van der Waals surface area contributed by atoms with Crippen LogP contribution in [0.5, 0.6) is 0 Å². The van der Waals surface area contributed by atoms with Crippen molar-refractivity contribution < 1.29 is 9.21 Å². The molecule has 0 saturated heterocycles. The van der Waals surface area contributed by atoms with Crippen molar-refractivity contribution >= 4 is 17.5 Å². The molecule has 0 spiro atoms. The Hall–Kier alpha value is -3.15. The Morgan fingerprint density at radius 1 is 1.00 bits per heavy atom. The van der Waals surface area contributed by atoms with E-state index in [1.165, 1.54) is 12.4 Å². The van der Waals surface area contributed by atoms with Crippen LogP contribution in [0.4, 0.5) is 11.6 Å². The molecule has 2 N–H and O–H groups in total. The van der Waals surface area contributed by atoms with Crippen LogP contribution in [-0.2, 0) is 6.54 Å². The van der Waals surface area contributed by atoms with Crippen LogP contribution in [0.25, 0.3) is 0 Å². The zero-order valence-electron chi connectivity index (χ0n) is 16.7. The maximum absolute atomic E-state index is 12.8. The number of aromatic nitrogens is 2. The number of nitrogens with zero attached hydrogens (tertiary/aromatic N) is 2. The molecule has 0 saturated carbocycles. The summed E-state index contributed by atoms with van der Waals surface area (Å²) in [7, 11) is 0. The van der Waals surface area contributed by atoms with Crippen molar-refractivity contribution in [1.29, 1.82) is 0 Å². The van der Waals surface area contributed by atoms with Crippen molar-refractivity contribution in [2.24, 2.45) is 0 Å². The molecule has 2 heterocycles. The summed E-state index contributed by atoms with van der Waals surface area (Å²) in [6, 6.07) is 9.86. The predicted molar refractivity (Wildman–Crippen MR) is 111 cm³/mol. The lowest BCUT2D eigenvalue weighted by atomic mass is 9.92. The van der Waals surface area contributed by atoms with Crippen LogP contribution >= 0.6 is 0 Å². The first-order chi connectivity index (χ1) is 13.5. The number of nitrogens with one attached hydrogen (secondary N) is 2. The minimum Gasteiger partial charge on any atom is -0.467 e. The van der Waals surface area contributed by atoms with Crippen molar-refractivity contribution in [3.8, 4) is 0 Å². The average Bonchev–Trinajstić information content (AvgIpc) is 3.20. The van der Waals surface area contributed by atoms with E-state index in [0.29, 0.717) is 29.9 Å². The molecule has 2 aromatic heterocycles. The molecule has 6 heteroatoms. The van der Waals surface area contributed by atoms with E-state index in [4.69, 9.17) is 4.42 Å². The first kappa shape index (κ1) is 19.6. The number of furan rings is 1. The normalized spacial score (nSPS) is 11.1. The maximum Gasteiger partial charge on any atom is 0.258 e. The largest absolute Gasteiger partial charge is 0.467 e. The molecular weight excluding hydrogens is 352 g/mol. The number of anilines is 2. The van der Waals surface area contributed by atoms with Crippen molar-refractivity contribution in [2.45, 2.75) is 46.1 Å². The number of carbonyl (C=O) groups excluding carboxylic acids is 1. The van der Waals surface area contributed by atoms with Crippen LogP contribution in [0.15, 0.2) is 53.4 Å². The second-order valence-corrected chi connectivity index (χ2v) is 7.30. The van der Waals surface area contributed by atoms with Gasteiger partial charge >= 0.3 is 0 Å². The Labute approximate surface area is 165 Å². The Kier molecular flexibility index (Phi) is 6.09.